The predicted octanol–water partition coefficient (Wildman–Crippen LogP) is 2.76. The molecule has 1 aliphatic carbocycles. The zero-order valence-corrected chi connectivity index (χ0v) is 19.5. The number of carbonyl (C=O) groups is 2. The molecule has 2 amide bonds. The first kappa shape index (κ1) is 22.9. The van der Waals surface area contributed by atoms with Gasteiger partial charge in [0.15, 0.2) is 5.82 Å². The molecule has 0 atom stereocenters. The van der Waals surface area contributed by atoms with Gasteiger partial charge in [0.25, 0.3) is 0 Å². The number of anilines is 1. The van der Waals surface area contributed by atoms with E-state index in [2.05, 4.69) is 27.1 Å². The van der Waals surface area contributed by atoms with E-state index in [0.29, 0.717) is 45.0 Å². The van der Waals surface area contributed by atoms with Crippen LogP contribution in [-0.2, 0) is 16.0 Å². The van der Waals surface area contributed by atoms with Crippen LogP contribution in [0.25, 0.3) is 11.5 Å². The number of nitrogens with zero attached hydrogens (tertiary/aromatic N) is 5. The number of aryl methyl sites for hydroxylation is 1. The molecule has 2 aromatic heterocycles. The zero-order chi connectivity index (χ0) is 23.2. The largest absolute Gasteiger partial charge is 0.354 e. The molecule has 3 heterocycles. The van der Waals surface area contributed by atoms with Gasteiger partial charge in [-0.25, -0.2) is 9.97 Å². The third-order valence-corrected chi connectivity index (χ3v) is 6.39. The Morgan fingerprint density at radius 2 is 1.94 bits per heavy atom. The van der Waals surface area contributed by atoms with Crippen LogP contribution in [0.4, 0.5) is 5.82 Å². The molecule has 0 spiro atoms. The summed E-state index contributed by atoms with van der Waals surface area (Å²) in [6.45, 7) is 6.72. The van der Waals surface area contributed by atoms with Crippen LogP contribution in [0.1, 0.15) is 45.2 Å². The SMILES string of the molecule is CCc1cc(N2CCNC(=O)CCN(C(=O)C(C)=C3CCC3)CC2)nc(-c2ccccn2)n1. The van der Waals surface area contributed by atoms with Crippen molar-refractivity contribution in [3.8, 4) is 11.5 Å². The molecule has 1 aliphatic heterocycles. The molecular weight excluding hydrogens is 416 g/mol. The molecular formula is C25H32N6O2. The third-order valence-electron chi connectivity index (χ3n) is 6.39. The van der Waals surface area contributed by atoms with Crippen LogP contribution in [0.15, 0.2) is 41.6 Å². The van der Waals surface area contributed by atoms with Crippen molar-refractivity contribution in [2.45, 2.75) is 46.0 Å². The molecule has 8 heteroatoms. The van der Waals surface area contributed by atoms with Crippen LogP contribution < -0.4 is 10.2 Å². The van der Waals surface area contributed by atoms with Crippen LogP contribution in [0, 0.1) is 0 Å². The summed E-state index contributed by atoms with van der Waals surface area (Å²) in [4.78, 5) is 43.3. The van der Waals surface area contributed by atoms with Crippen molar-refractivity contribution in [1.82, 2.24) is 25.2 Å². The van der Waals surface area contributed by atoms with Gasteiger partial charge in [0.2, 0.25) is 11.8 Å². The van der Waals surface area contributed by atoms with Crippen molar-refractivity contribution in [3.05, 3.63) is 47.3 Å². The highest BCUT2D eigenvalue weighted by Gasteiger charge is 2.24. The first-order valence-corrected chi connectivity index (χ1v) is 11.8. The van der Waals surface area contributed by atoms with Crippen LogP contribution in [-0.4, -0.2) is 64.4 Å². The van der Waals surface area contributed by atoms with Crippen molar-refractivity contribution >= 4 is 17.6 Å². The number of nitrogens with one attached hydrogen (secondary N) is 1. The molecule has 0 aromatic carbocycles. The van der Waals surface area contributed by atoms with Gasteiger partial charge >= 0.3 is 0 Å². The second-order valence-electron chi connectivity index (χ2n) is 8.57. The summed E-state index contributed by atoms with van der Waals surface area (Å²) in [5.74, 6) is 1.39. The van der Waals surface area contributed by atoms with Gasteiger partial charge in [-0.15, -0.1) is 0 Å². The fraction of sp³-hybridized carbons (Fsp3) is 0.480. The lowest BCUT2D eigenvalue weighted by Crippen LogP contribution is -2.45. The number of aromatic nitrogens is 3. The fourth-order valence-electron chi connectivity index (χ4n) is 4.11. The molecule has 0 bridgehead atoms. The summed E-state index contributed by atoms with van der Waals surface area (Å²) >= 11 is 0. The molecule has 174 valence electrons. The molecule has 2 aliphatic rings. The molecule has 2 aromatic rings. The number of hydrogen-bond acceptors (Lipinski definition) is 6. The monoisotopic (exact) mass is 448 g/mol. The number of rotatable bonds is 4. The van der Waals surface area contributed by atoms with E-state index >= 15 is 0 Å². The Labute approximate surface area is 195 Å². The maximum Gasteiger partial charge on any atom is 0.249 e. The minimum Gasteiger partial charge on any atom is -0.354 e. The first-order chi connectivity index (χ1) is 16.0. The fourth-order valence-corrected chi connectivity index (χ4v) is 4.11. The Morgan fingerprint density at radius 1 is 1.09 bits per heavy atom. The molecule has 0 radical (unpaired) electrons. The van der Waals surface area contributed by atoms with E-state index < -0.39 is 0 Å². The number of allylic oxidation sites excluding steroid dienone is 1. The molecule has 4 rings (SSSR count). The highest BCUT2D eigenvalue weighted by atomic mass is 16.2. The van der Waals surface area contributed by atoms with Gasteiger partial charge in [-0.3, -0.25) is 14.6 Å². The van der Waals surface area contributed by atoms with Gasteiger partial charge in [0.1, 0.15) is 11.5 Å². The average molecular weight is 449 g/mol. The lowest BCUT2D eigenvalue weighted by Gasteiger charge is -2.31. The Kier molecular flexibility index (Phi) is 7.32. The van der Waals surface area contributed by atoms with Crippen molar-refractivity contribution < 1.29 is 9.59 Å². The Morgan fingerprint density at radius 3 is 2.64 bits per heavy atom. The molecule has 8 nitrogen and oxygen atoms in total. The molecule has 1 saturated heterocycles. The van der Waals surface area contributed by atoms with Crippen LogP contribution >= 0.6 is 0 Å². The Bertz CT molecular complexity index is 1030. The third kappa shape index (κ3) is 5.56. The van der Waals surface area contributed by atoms with Gasteiger partial charge in [-0.1, -0.05) is 18.6 Å². The van der Waals surface area contributed by atoms with Gasteiger partial charge in [-0.05, 0) is 44.7 Å². The van der Waals surface area contributed by atoms with Crippen molar-refractivity contribution in [1.29, 1.82) is 0 Å². The summed E-state index contributed by atoms with van der Waals surface area (Å²) in [7, 11) is 0. The van der Waals surface area contributed by atoms with E-state index in [4.69, 9.17) is 4.98 Å². The quantitative estimate of drug-likeness (QED) is 0.724. The highest BCUT2D eigenvalue weighted by Crippen LogP contribution is 2.29. The van der Waals surface area contributed by atoms with Crippen molar-refractivity contribution in [3.63, 3.8) is 0 Å². The van der Waals surface area contributed by atoms with Crippen LogP contribution in [0.2, 0.25) is 0 Å². The summed E-state index contributed by atoms with van der Waals surface area (Å²) in [6, 6.07) is 7.69. The van der Waals surface area contributed by atoms with Gasteiger partial charge < -0.3 is 15.1 Å². The number of carbonyl (C=O) groups excluding carboxylic acids is 2. The zero-order valence-electron chi connectivity index (χ0n) is 19.5. The predicted molar refractivity (Wildman–Crippen MR) is 128 cm³/mol. The van der Waals surface area contributed by atoms with E-state index in [1.807, 2.05) is 36.1 Å². The van der Waals surface area contributed by atoms with E-state index in [-0.39, 0.29) is 11.8 Å². The minimum absolute atomic E-state index is 0.0327. The average Bonchev–Trinajstić information content (AvgIpc) is 2.81. The highest BCUT2D eigenvalue weighted by molar-refractivity contribution is 5.94. The van der Waals surface area contributed by atoms with Crippen molar-refractivity contribution in [2.24, 2.45) is 0 Å². The van der Waals surface area contributed by atoms with Gasteiger partial charge in [0, 0.05) is 62.7 Å². The number of hydrogen-bond donors (Lipinski definition) is 1. The standard InChI is InChI=1S/C25H32N6O2/c1-3-20-17-22(29-24(28-20)21-9-4-5-11-26-21)30-14-12-27-23(32)10-13-31(16-15-30)25(33)18(2)19-7-6-8-19/h4-5,9,11,17H,3,6-8,10,12-16H2,1-2H3,(H,27,32). The second-order valence-corrected chi connectivity index (χ2v) is 8.57. The topological polar surface area (TPSA) is 91.3 Å². The molecule has 1 saturated carbocycles. The smallest absolute Gasteiger partial charge is 0.249 e. The van der Waals surface area contributed by atoms with Crippen LogP contribution in [0.3, 0.4) is 0 Å². The van der Waals surface area contributed by atoms with Crippen molar-refractivity contribution in [2.75, 3.05) is 37.6 Å². The first-order valence-electron chi connectivity index (χ1n) is 11.8. The summed E-state index contributed by atoms with van der Waals surface area (Å²) in [6.07, 6.45) is 6.01. The second kappa shape index (κ2) is 10.6. The van der Waals surface area contributed by atoms with Gasteiger partial charge in [0.05, 0.1) is 0 Å². The molecule has 1 N–H and O–H groups in total. The minimum atomic E-state index is -0.0327. The summed E-state index contributed by atoms with van der Waals surface area (Å²) in [5, 5.41) is 2.97. The summed E-state index contributed by atoms with van der Waals surface area (Å²) in [5.41, 5.74) is 3.75. The van der Waals surface area contributed by atoms with Gasteiger partial charge in [-0.2, -0.15) is 0 Å². The Hall–Kier alpha value is -3.29. The maximum absolute atomic E-state index is 13.2. The lowest BCUT2D eigenvalue weighted by molar-refractivity contribution is -0.128. The lowest BCUT2D eigenvalue weighted by atomic mass is 9.88. The Balaban J connectivity index is 1.60. The molecule has 0 unspecified atom stereocenters. The van der Waals surface area contributed by atoms with E-state index in [9.17, 15) is 9.59 Å². The van der Waals surface area contributed by atoms with E-state index in [0.717, 1.165) is 48.5 Å². The van der Waals surface area contributed by atoms with Crippen LogP contribution in [0.5, 0.6) is 0 Å². The number of pyridine rings is 1. The molecule has 33 heavy (non-hydrogen) atoms. The molecule has 2 fully saturated rings. The normalized spacial score (nSPS) is 17.3. The van der Waals surface area contributed by atoms with E-state index in [1.54, 1.807) is 6.20 Å². The number of amides is 2. The van der Waals surface area contributed by atoms with E-state index in [1.165, 1.54) is 5.57 Å². The maximum atomic E-state index is 13.2. The summed E-state index contributed by atoms with van der Waals surface area (Å²) < 4.78 is 0.